The van der Waals surface area contributed by atoms with Crippen LogP contribution in [0.1, 0.15) is 15.4 Å². The molecule has 2 amide bonds. The quantitative estimate of drug-likeness (QED) is 0.483. The number of nitrogens with one attached hydrogen (secondary N) is 2. The first kappa shape index (κ1) is 18.6. The molecule has 0 fully saturated rings. The molecule has 4 aromatic rings. The third-order valence-corrected chi connectivity index (χ3v) is 4.93. The van der Waals surface area contributed by atoms with Gasteiger partial charge in [-0.2, -0.15) is 0 Å². The number of carbonyl (C=O) groups excluding carboxylic acids is 2. The molecule has 4 rings (SSSR count). The molecule has 7 heteroatoms. The Morgan fingerprint density at radius 2 is 1.72 bits per heavy atom. The number of aromatic nitrogens is 1. The standard InChI is InChI=1S/C22H17N3O3S/c26-20(13-18-14-28-22(25-18)15-6-2-1-3-7-15)23-16-8-4-9-17(12-16)24-21(27)19-10-5-11-29-19/h1-12,14H,13H2,(H,23,26)(H,24,27). The second-order valence-corrected chi connectivity index (χ2v) is 7.19. The van der Waals surface area contributed by atoms with Gasteiger partial charge in [0.15, 0.2) is 0 Å². The van der Waals surface area contributed by atoms with Crippen LogP contribution in [0.25, 0.3) is 11.5 Å². The van der Waals surface area contributed by atoms with E-state index >= 15 is 0 Å². The van der Waals surface area contributed by atoms with Gasteiger partial charge >= 0.3 is 0 Å². The van der Waals surface area contributed by atoms with Gasteiger partial charge < -0.3 is 15.1 Å². The Bertz CT molecular complexity index is 1120. The minimum Gasteiger partial charge on any atom is -0.444 e. The average molecular weight is 403 g/mol. The third kappa shape index (κ3) is 4.77. The highest BCUT2D eigenvalue weighted by atomic mass is 32.1. The highest BCUT2D eigenvalue weighted by molar-refractivity contribution is 7.12. The molecule has 2 aromatic heterocycles. The van der Waals surface area contributed by atoms with E-state index in [1.807, 2.05) is 41.8 Å². The number of hydrogen-bond donors (Lipinski definition) is 2. The summed E-state index contributed by atoms with van der Waals surface area (Å²) < 4.78 is 5.46. The predicted molar refractivity (Wildman–Crippen MR) is 113 cm³/mol. The molecule has 0 bridgehead atoms. The molecule has 2 N–H and O–H groups in total. The number of amides is 2. The Kier molecular flexibility index (Phi) is 5.49. The molecule has 0 aliphatic heterocycles. The van der Waals surface area contributed by atoms with Crippen LogP contribution >= 0.6 is 11.3 Å². The summed E-state index contributed by atoms with van der Waals surface area (Å²) in [5.41, 5.74) is 2.59. The van der Waals surface area contributed by atoms with Crippen molar-refractivity contribution >= 4 is 34.5 Å². The molecular formula is C22H17N3O3S. The largest absolute Gasteiger partial charge is 0.444 e. The van der Waals surface area contributed by atoms with E-state index in [0.29, 0.717) is 27.8 Å². The Labute approximate surface area is 171 Å². The average Bonchev–Trinajstić information content (AvgIpc) is 3.41. The summed E-state index contributed by atoms with van der Waals surface area (Å²) in [4.78, 5) is 29.5. The van der Waals surface area contributed by atoms with Crippen LogP contribution in [0.2, 0.25) is 0 Å². The number of rotatable bonds is 6. The van der Waals surface area contributed by atoms with E-state index in [1.54, 1.807) is 30.3 Å². The minimum absolute atomic E-state index is 0.0854. The molecule has 0 radical (unpaired) electrons. The molecule has 2 aromatic carbocycles. The van der Waals surface area contributed by atoms with Crippen LogP contribution in [0.5, 0.6) is 0 Å². The topological polar surface area (TPSA) is 84.2 Å². The number of oxazole rings is 1. The van der Waals surface area contributed by atoms with Gasteiger partial charge in [0.2, 0.25) is 11.8 Å². The van der Waals surface area contributed by atoms with Gasteiger partial charge in [-0.3, -0.25) is 9.59 Å². The van der Waals surface area contributed by atoms with E-state index in [1.165, 1.54) is 17.6 Å². The van der Waals surface area contributed by atoms with Gasteiger partial charge in [0, 0.05) is 16.9 Å². The first-order valence-corrected chi connectivity index (χ1v) is 9.80. The Morgan fingerprint density at radius 3 is 2.48 bits per heavy atom. The van der Waals surface area contributed by atoms with Crippen molar-refractivity contribution in [2.24, 2.45) is 0 Å². The van der Waals surface area contributed by atoms with Crippen molar-refractivity contribution in [3.63, 3.8) is 0 Å². The van der Waals surface area contributed by atoms with Crippen LogP contribution in [0, 0.1) is 0 Å². The van der Waals surface area contributed by atoms with Crippen LogP contribution in [-0.2, 0) is 11.2 Å². The molecule has 0 aliphatic rings. The van der Waals surface area contributed by atoms with Crippen LogP contribution < -0.4 is 10.6 Å². The van der Waals surface area contributed by atoms with Gasteiger partial charge in [-0.05, 0) is 41.8 Å². The van der Waals surface area contributed by atoms with Crippen molar-refractivity contribution in [2.75, 3.05) is 10.6 Å². The lowest BCUT2D eigenvalue weighted by atomic mass is 10.2. The molecule has 0 saturated carbocycles. The lowest BCUT2D eigenvalue weighted by Gasteiger charge is -2.08. The molecule has 0 atom stereocenters. The fourth-order valence-electron chi connectivity index (χ4n) is 2.75. The monoisotopic (exact) mass is 403 g/mol. The zero-order valence-corrected chi connectivity index (χ0v) is 16.1. The first-order chi connectivity index (χ1) is 14.2. The summed E-state index contributed by atoms with van der Waals surface area (Å²) >= 11 is 1.37. The van der Waals surface area contributed by atoms with Crippen molar-refractivity contribution in [3.05, 3.63) is 88.9 Å². The van der Waals surface area contributed by atoms with Crippen LogP contribution in [0.3, 0.4) is 0 Å². The third-order valence-electron chi connectivity index (χ3n) is 4.06. The molecule has 0 spiro atoms. The van der Waals surface area contributed by atoms with Gasteiger partial charge in [0.1, 0.15) is 6.26 Å². The second kappa shape index (κ2) is 8.53. The van der Waals surface area contributed by atoms with Crippen molar-refractivity contribution in [1.82, 2.24) is 4.98 Å². The summed E-state index contributed by atoms with van der Waals surface area (Å²) in [6.45, 7) is 0. The van der Waals surface area contributed by atoms with E-state index < -0.39 is 0 Å². The fourth-order valence-corrected chi connectivity index (χ4v) is 3.37. The minimum atomic E-state index is -0.223. The molecule has 0 aliphatic carbocycles. The SMILES string of the molecule is O=C(Cc1coc(-c2ccccc2)n1)Nc1cccc(NC(=O)c2cccs2)c1. The van der Waals surface area contributed by atoms with E-state index in [0.717, 1.165) is 5.56 Å². The molecule has 29 heavy (non-hydrogen) atoms. The number of nitrogens with zero attached hydrogens (tertiary/aromatic N) is 1. The van der Waals surface area contributed by atoms with Crippen molar-refractivity contribution < 1.29 is 14.0 Å². The van der Waals surface area contributed by atoms with E-state index in [2.05, 4.69) is 15.6 Å². The van der Waals surface area contributed by atoms with Crippen LogP contribution in [-0.4, -0.2) is 16.8 Å². The number of carbonyl (C=O) groups is 2. The lowest BCUT2D eigenvalue weighted by molar-refractivity contribution is -0.115. The van der Waals surface area contributed by atoms with Gasteiger partial charge in [-0.1, -0.05) is 30.3 Å². The lowest BCUT2D eigenvalue weighted by Crippen LogP contribution is -2.15. The molecule has 6 nitrogen and oxygen atoms in total. The summed E-state index contributed by atoms with van der Waals surface area (Å²) in [5.74, 6) is 0.0749. The molecule has 2 heterocycles. The van der Waals surface area contributed by atoms with Gasteiger partial charge in [0.05, 0.1) is 17.0 Å². The maximum Gasteiger partial charge on any atom is 0.265 e. The van der Waals surface area contributed by atoms with E-state index in [9.17, 15) is 9.59 Å². The zero-order chi connectivity index (χ0) is 20.1. The molecule has 0 unspecified atom stereocenters. The van der Waals surface area contributed by atoms with Crippen LogP contribution in [0.15, 0.2) is 82.8 Å². The van der Waals surface area contributed by atoms with Gasteiger partial charge in [0.25, 0.3) is 5.91 Å². The summed E-state index contributed by atoms with van der Waals surface area (Å²) in [6, 6.07) is 20.1. The fraction of sp³-hybridized carbons (Fsp3) is 0.0455. The first-order valence-electron chi connectivity index (χ1n) is 8.92. The smallest absolute Gasteiger partial charge is 0.265 e. The summed E-state index contributed by atoms with van der Waals surface area (Å²) in [6.07, 6.45) is 1.57. The number of hydrogen-bond acceptors (Lipinski definition) is 5. The molecule has 0 saturated heterocycles. The van der Waals surface area contributed by atoms with E-state index in [-0.39, 0.29) is 18.2 Å². The Morgan fingerprint density at radius 1 is 0.931 bits per heavy atom. The Hall–Kier alpha value is -3.71. The summed E-state index contributed by atoms with van der Waals surface area (Å²) in [5, 5.41) is 7.49. The second-order valence-electron chi connectivity index (χ2n) is 6.25. The van der Waals surface area contributed by atoms with Gasteiger partial charge in [-0.25, -0.2) is 4.98 Å². The number of benzene rings is 2. The summed E-state index contributed by atoms with van der Waals surface area (Å²) in [7, 11) is 0. The highest BCUT2D eigenvalue weighted by Crippen LogP contribution is 2.20. The number of thiophene rings is 1. The van der Waals surface area contributed by atoms with Crippen LogP contribution in [0.4, 0.5) is 11.4 Å². The number of anilines is 2. The zero-order valence-electron chi connectivity index (χ0n) is 15.3. The van der Waals surface area contributed by atoms with Crippen molar-refractivity contribution in [2.45, 2.75) is 6.42 Å². The predicted octanol–water partition coefficient (Wildman–Crippen LogP) is 4.84. The van der Waals surface area contributed by atoms with Crippen molar-refractivity contribution in [3.8, 4) is 11.5 Å². The van der Waals surface area contributed by atoms with E-state index in [4.69, 9.17) is 4.42 Å². The normalized spacial score (nSPS) is 10.5. The Balaban J connectivity index is 1.37. The molecular weight excluding hydrogens is 386 g/mol. The van der Waals surface area contributed by atoms with Crippen molar-refractivity contribution in [1.29, 1.82) is 0 Å². The maximum absolute atomic E-state index is 12.4. The highest BCUT2D eigenvalue weighted by Gasteiger charge is 2.12. The van der Waals surface area contributed by atoms with Gasteiger partial charge in [-0.15, -0.1) is 11.3 Å². The maximum atomic E-state index is 12.4. The molecule has 144 valence electrons.